The van der Waals surface area contributed by atoms with Crippen LogP contribution in [0, 0.1) is 11.3 Å². The predicted octanol–water partition coefficient (Wildman–Crippen LogP) is 2.52. The highest BCUT2D eigenvalue weighted by Gasteiger charge is 2.51. The smallest absolute Gasteiger partial charge is 0.0124 e. The molecule has 2 unspecified atom stereocenters. The van der Waals surface area contributed by atoms with Crippen molar-refractivity contribution in [1.82, 2.24) is 4.90 Å². The average Bonchev–Trinajstić information content (AvgIpc) is 2.70. The van der Waals surface area contributed by atoms with Crippen molar-refractivity contribution in [1.29, 1.82) is 0 Å². The van der Waals surface area contributed by atoms with Crippen LogP contribution in [0.1, 0.15) is 39.5 Å². The van der Waals surface area contributed by atoms with Crippen LogP contribution in [0.5, 0.6) is 0 Å². The van der Waals surface area contributed by atoms with Crippen LogP contribution in [0.15, 0.2) is 0 Å². The molecule has 1 spiro atoms. The molecule has 1 aliphatic heterocycles. The van der Waals surface area contributed by atoms with Crippen molar-refractivity contribution in [2.75, 3.05) is 13.6 Å². The Morgan fingerprint density at radius 3 is 2.58 bits per heavy atom. The number of likely N-dealkylation sites (tertiary alicyclic amines) is 1. The monoisotopic (exact) mass is 167 g/mol. The van der Waals surface area contributed by atoms with Gasteiger partial charge in [0, 0.05) is 12.6 Å². The molecule has 1 heterocycles. The second kappa shape index (κ2) is 2.73. The SMILES string of the molecule is CCC(C)C1CC2(CC2)CN1C. The van der Waals surface area contributed by atoms with Crippen LogP contribution in [-0.4, -0.2) is 24.5 Å². The minimum Gasteiger partial charge on any atom is -0.303 e. The van der Waals surface area contributed by atoms with Crippen LogP contribution < -0.4 is 0 Å². The van der Waals surface area contributed by atoms with Crippen molar-refractivity contribution >= 4 is 0 Å². The van der Waals surface area contributed by atoms with Gasteiger partial charge in [0.15, 0.2) is 0 Å². The molecule has 1 heteroatoms. The van der Waals surface area contributed by atoms with Gasteiger partial charge in [0.25, 0.3) is 0 Å². The summed E-state index contributed by atoms with van der Waals surface area (Å²) in [7, 11) is 2.31. The van der Waals surface area contributed by atoms with Gasteiger partial charge in [-0.05, 0) is 37.6 Å². The maximum atomic E-state index is 2.60. The summed E-state index contributed by atoms with van der Waals surface area (Å²) in [5.41, 5.74) is 0.794. The van der Waals surface area contributed by atoms with Gasteiger partial charge < -0.3 is 4.90 Å². The third-order valence-electron chi connectivity index (χ3n) is 4.05. The lowest BCUT2D eigenvalue weighted by atomic mass is 9.93. The van der Waals surface area contributed by atoms with Crippen LogP contribution in [0.3, 0.4) is 0 Å². The van der Waals surface area contributed by atoms with Gasteiger partial charge in [-0.2, -0.15) is 0 Å². The summed E-state index contributed by atoms with van der Waals surface area (Å²) in [6.07, 6.45) is 5.83. The van der Waals surface area contributed by atoms with Crippen LogP contribution in [0.25, 0.3) is 0 Å². The van der Waals surface area contributed by atoms with Gasteiger partial charge in [-0.15, -0.1) is 0 Å². The molecule has 0 N–H and O–H groups in total. The molecule has 1 nitrogen and oxygen atoms in total. The van der Waals surface area contributed by atoms with E-state index in [0.717, 1.165) is 17.4 Å². The molecule has 1 saturated heterocycles. The fourth-order valence-corrected chi connectivity index (χ4v) is 2.76. The summed E-state index contributed by atoms with van der Waals surface area (Å²) in [5, 5.41) is 0. The summed E-state index contributed by atoms with van der Waals surface area (Å²) in [4.78, 5) is 2.60. The van der Waals surface area contributed by atoms with E-state index in [1.165, 1.54) is 32.2 Å². The van der Waals surface area contributed by atoms with E-state index < -0.39 is 0 Å². The highest BCUT2D eigenvalue weighted by Crippen LogP contribution is 2.55. The van der Waals surface area contributed by atoms with E-state index in [2.05, 4.69) is 25.8 Å². The van der Waals surface area contributed by atoms with E-state index in [4.69, 9.17) is 0 Å². The van der Waals surface area contributed by atoms with E-state index in [1.54, 1.807) is 0 Å². The molecule has 70 valence electrons. The quantitative estimate of drug-likeness (QED) is 0.611. The van der Waals surface area contributed by atoms with Gasteiger partial charge in [0.2, 0.25) is 0 Å². The first-order chi connectivity index (χ1) is 5.67. The van der Waals surface area contributed by atoms with Crippen molar-refractivity contribution in [3.63, 3.8) is 0 Å². The molecule has 0 aromatic rings. The predicted molar refractivity (Wildman–Crippen MR) is 52.2 cm³/mol. The first-order valence-corrected chi connectivity index (χ1v) is 5.37. The standard InChI is InChI=1S/C11H21N/c1-4-9(2)10-7-11(5-6-11)8-12(10)3/h9-10H,4-8H2,1-3H3. The molecule has 0 amide bonds. The van der Waals surface area contributed by atoms with Gasteiger partial charge in [-0.3, -0.25) is 0 Å². The van der Waals surface area contributed by atoms with Gasteiger partial charge in [-0.1, -0.05) is 20.3 Å². The Morgan fingerprint density at radius 2 is 2.17 bits per heavy atom. The Kier molecular flexibility index (Phi) is 1.95. The molecule has 2 fully saturated rings. The van der Waals surface area contributed by atoms with Crippen LogP contribution in [0.2, 0.25) is 0 Å². The normalized spacial score (nSPS) is 35.8. The number of rotatable bonds is 2. The zero-order valence-electron chi connectivity index (χ0n) is 8.64. The molecule has 12 heavy (non-hydrogen) atoms. The minimum absolute atomic E-state index is 0.794. The summed E-state index contributed by atoms with van der Waals surface area (Å²) >= 11 is 0. The minimum atomic E-state index is 0.794. The largest absolute Gasteiger partial charge is 0.303 e. The lowest BCUT2D eigenvalue weighted by Crippen LogP contribution is -2.30. The van der Waals surface area contributed by atoms with E-state index >= 15 is 0 Å². The van der Waals surface area contributed by atoms with Crippen LogP contribution in [0.4, 0.5) is 0 Å². The van der Waals surface area contributed by atoms with Crippen molar-refractivity contribution in [2.24, 2.45) is 11.3 Å². The van der Waals surface area contributed by atoms with Gasteiger partial charge >= 0.3 is 0 Å². The van der Waals surface area contributed by atoms with Crippen molar-refractivity contribution in [3.05, 3.63) is 0 Å². The summed E-state index contributed by atoms with van der Waals surface area (Å²) in [6, 6.07) is 0.887. The number of hydrogen-bond donors (Lipinski definition) is 0. The van der Waals surface area contributed by atoms with Gasteiger partial charge in [0.05, 0.1) is 0 Å². The van der Waals surface area contributed by atoms with Crippen LogP contribution in [-0.2, 0) is 0 Å². The number of nitrogens with zero attached hydrogens (tertiary/aromatic N) is 1. The Balaban J connectivity index is 1.98. The second-order valence-electron chi connectivity index (χ2n) is 5.07. The Morgan fingerprint density at radius 1 is 1.50 bits per heavy atom. The molecule has 2 rings (SSSR count). The molecule has 0 aromatic heterocycles. The van der Waals surface area contributed by atoms with Crippen molar-refractivity contribution < 1.29 is 0 Å². The summed E-state index contributed by atoms with van der Waals surface area (Å²) < 4.78 is 0. The Bertz CT molecular complexity index is 172. The molecular formula is C11H21N. The van der Waals surface area contributed by atoms with E-state index in [9.17, 15) is 0 Å². The highest BCUT2D eigenvalue weighted by molar-refractivity contribution is 5.04. The van der Waals surface area contributed by atoms with Gasteiger partial charge in [0.1, 0.15) is 0 Å². The maximum Gasteiger partial charge on any atom is 0.0124 e. The average molecular weight is 167 g/mol. The molecule has 1 saturated carbocycles. The molecule has 1 aliphatic carbocycles. The topological polar surface area (TPSA) is 3.24 Å². The first-order valence-electron chi connectivity index (χ1n) is 5.37. The molecule has 0 aromatic carbocycles. The summed E-state index contributed by atoms with van der Waals surface area (Å²) in [6.45, 7) is 6.10. The maximum absolute atomic E-state index is 2.60. The second-order valence-corrected chi connectivity index (χ2v) is 5.07. The fourth-order valence-electron chi connectivity index (χ4n) is 2.76. The van der Waals surface area contributed by atoms with Crippen molar-refractivity contribution in [2.45, 2.75) is 45.6 Å². The van der Waals surface area contributed by atoms with Gasteiger partial charge in [-0.25, -0.2) is 0 Å². The lowest BCUT2D eigenvalue weighted by Gasteiger charge is -2.24. The van der Waals surface area contributed by atoms with E-state index in [1.807, 2.05) is 0 Å². The van der Waals surface area contributed by atoms with E-state index in [-0.39, 0.29) is 0 Å². The molecule has 0 bridgehead atoms. The zero-order valence-corrected chi connectivity index (χ0v) is 8.64. The third-order valence-corrected chi connectivity index (χ3v) is 4.05. The Hall–Kier alpha value is -0.0400. The lowest BCUT2D eigenvalue weighted by molar-refractivity contribution is 0.234. The molecule has 2 atom stereocenters. The van der Waals surface area contributed by atoms with E-state index in [0.29, 0.717) is 0 Å². The molecule has 0 radical (unpaired) electrons. The molecule has 2 aliphatic rings. The number of hydrogen-bond acceptors (Lipinski definition) is 1. The first kappa shape index (κ1) is 8.55. The summed E-state index contributed by atoms with van der Waals surface area (Å²) in [5.74, 6) is 0.898. The fraction of sp³-hybridized carbons (Fsp3) is 1.00. The third kappa shape index (κ3) is 1.28. The van der Waals surface area contributed by atoms with Crippen molar-refractivity contribution in [3.8, 4) is 0 Å². The zero-order chi connectivity index (χ0) is 8.77. The highest BCUT2D eigenvalue weighted by atomic mass is 15.2. The molecular weight excluding hydrogens is 146 g/mol. The Labute approximate surface area is 76.1 Å². The van der Waals surface area contributed by atoms with Crippen LogP contribution >= 0.6 is 0 Å².